The van der Waals surface area contributed by atoms with Crippen LogP contribution in [0.2, 0.25) is 0 Å². The highest BCUT2D eigenvalue weighted by atomic mass is 19.4. The molecule has 2 heterocycles. The number of nitrogens with one attached hydrogen (secondary N) is 2. The normalized spacial score (nSPS) is 17.7. The minimum atomic E-state index is -4.34. The molecule has 2 aromatic rings. The maximum Gasteiger partial charge on any atom is 0.416 e. The van der Waals surface area contributed by atoms with Gasteiger partial charge in [0.15, 0.2) is 0 Å². The summed E-state index contributed by atoms with van der Waals surface area (Å²) in [6.45, 7) is 1.45. The topological polar surface area (TPSA) is 59.1 Å². The van der Waals surface area contributed by atoms with Gasteiger partial charge in [0.2, 0.25) is 0 Å². The number of aromatic nitrogens is 2. The van der Waals surface area contributed by atoms with Crippen LogP contribution >= 0.6 is 0 Å². The SMILES string of the molecule is FC(F)(F)c1ccc(Nc2cc(NCC3CCCO3)ncn2)cc1. The van der Waals surface area contributed by atoms with E-state index in [0.717, 1.165) is 31.6 Å². The summed E-state index contributed by atoms with van der Waals surface area (Å²) in [5.74, 6) is 1.13. The molecule has 2 N–H and O–H groups in total. The van der Waals surface area contributed by atoms with E-state index in [9.17, 15) is 13.2 Å². The number of anilines is 3. The third-order valence-corrected chi connectivity index (χ3v) is 3.69. The summed E-state index contributed by atoms with van der Waals surface area (Å²) < 4.78 is 43.2. The lowest BCUT2D eigenvalue weighted by atomic mass is 10.2. The summed E-state index contributed by atoms with van der Waals surface area (Å²) in [5.41, 5.74) is -0.165. The summed E-state index contributed by atoms with van der Waals surface area (Å²) in [6.07, 6.45) is -0.672. The number of ether oxygens (including phenoxy) is 1. The smallest absolute Gasteiger partial charge is 0.376 e. The molecule has 1 aliphatic heterocycles. The second-order valence-electron chi connectivity index (χ2n) is 5.50. The fraction of sp³-hybridized carbons (Fsp3) is 0.375. The minimum absolute atomic E-state index is 0.186. The van der Waals surface area contributed by atoms with Crippen molar-refractivity contribution in [1.29, 1.82) is 0 Å². The van der Waals surface area contributed by atoms with Gasteiger partial charge in [-0.05, 0) is 37.1 Å². The molecule has 1 unspecified atom stereocenters. The Balaban J connectivity index is 1.61. The molecule has 0 saturated carbocycles. The van der Waals surface area contributed by atoms with Crippen LogP contribution in [0.4, 0.5) is 30.5 Å². The quantitative estimate of drug-likeness (QED) is 0.868. The largest absolute Gasteiger partial charge is 0.416 e. The summed E-state index contributed by atoms with van der Waals surface area (Å²) in [6, 6.07) is 6.49. The van der Waals surface area contributed by atoms with Crippen LogP contribution in [0.5, 0.6) is 0 Å². The zero-order valence-electron chi connectivity index (χ0n) is 12.8. The Morgan fingerprint density at radius 2 is 1.88 bits per heavy atom. The van der Waals surface area contributed by atoms with E-state index in [1.165, 1.54) is 18.5 Å². The summed E-state index contributed by atoms with van der Waals surface area (Å²) in [7, 11) is 0. The molecule has 1 atom stereocenters. The molecule has 1 aromatic carbocycles. The molecule has 0 spiro atoms. The molecular formula is C16H17F3N4O. The highest BCUT2D eigenvalue weighted by Gasteiger charge is 2.29. The third-order valence-electron chi connectivity index (χ3n) is 3.69. The lowest BCUT2D eigenvalue weighted by Crippen LogP contribution is -2.19. The number of benzene rings is 1. The maximum atomic E-state index is 12.6. The van der Waals surface area contributed by atoms with Gasteiger partial charge >= 0.3 is 6.18 Å². The number of hydrogen-bond donors (Lipinski definition) is 2. The molecule has 5 nitrogen and oxygen atoms in total. The molecule has 3 rings (SSSR count). The number of rotatable bonds is 5. The number of nitrogens with zero attached hydrogens (tertiary/aromatic N) is 2. The van der Waals surface area contributed by atoms with Crippen molar-refractivity contribution in [3.8, 4) is 0 Å². The van der Waals surface area contributed by atoms with E-state index in [2.05, 4.69) is 20.6 Å². The highest BCUT2D eigenvalue weighted by Crippen LogP contribution is 2.30. The summed E-state index contributed by atoms with van der Waals surface area (Å²) in [5, 5.41) is 6.14. The second-order valence-corrected chi connectivity index (χ2v) is 5.50. The molecule has 0 amide bonds. The van der Waals surface area contributed by atoms with Gasteiger partial charge in [-0.2, -0.15) is 13.2 Å². The molecular weight excluding hydrogens is 321 g/mol. The van der Waals surface area contributed by atoms with Crippen LogP contribution in [0.15, 0.2) is 36.7 Å². The first-order chi connectivity index (χ1) is 11.5. The number of halogens is 3. The first-order valence-electron chi connectivity index (χ1n) is 7.62. The van der Waals surface area contributed by atoms with Crippen molar-refractivity contribution in [2.45, 2.75) is 25.1 Å². The maximum absolute atomic E-state index is 12.6. The monoisotopic (exact) mass is 338 g/mol. The average Bonchev–Trinajstić information content (AvgIpc) is 3.06. The van der Waals surface area contributed by atoms with Gasteiger partial charge < -0.3 is 15.4 Å². The molecule has 128 valence electrons. The van der Waals surface area contributed by atoms with E-state index in [1.54, 1.807) is 6.07 Å². The molecule has 1 aliphatic rings. The summed E-state index contributed by atoms with van der Waals surface area (Å²) in [4.78, 5) is 8.19. The van der Waals surface area contributed by atoms with Crippen LogP contribution in [0.25, 0.3) is 0 Å². The molecule has 1 saturated heterocycles. The van der Waals surface area contributed by atoms with Gasteiger partial charge in [-0.3, -0.25) is 0 Å². The molecule has 0 aliphatic carbocycles. The van der Waals surface area contributed by atoms with E-state index < -0.39 is 11.7 Å². The van der Waals surface area contributed by atoms with Gasteiger partial charge in [0.1, 0.15) is 18.0 Å². The van der Waals surface area contributed by atoms with Crippen LogP contribution in [0.3, 0.4) is 0 Å². The van der Waals surface area contributed by atoms with Crippen molar-refractivity contribution >= 4 is 17.3 Å². The van der Waals surface area contributed by atoms with Gasteiger partial charge in [0, 0.05) is 24.9 Å². The molecule has 8 heteroatoms. The zero-order chi connectivity index (χ0) is 17.0. The van der Waals surface area contributed by atoms with Crippen LogP contribution in [0.1, 0.15) is 18.4 Å². The van der Waals surface area contributed by atoms with E-state index >= 15 is 0 Å². The van der Waals surface area contributed by atoms with Crippen molar-refractivity contribution in [3.63, 3.8) is 0 Å². The fourth-order valence-corrected chi connectivity index (χ4v) is 2.44. The van der Waals surface area contributed by atoms with E-state index in [0.29, 0.717) is 23.9 Å². The number of alkyl halides is 3. The Bertz CT molecular complexity index is 670. The van der Waals surface area contributed by atoms with Crippen molar-refractivity contribution < 1.29 is 17.9 Å². The average molecular weight is 338 g/mol. The Kier molecular flexibility index (Phi) is 4.84. The lowest BCUT2D eigenvalue weighted by Gasteiger charge is -2.12. The lowest BCUT2D eigenvalue weighted by molar-refractivity contribution is -0.137. The van der Waals surface area contributed by atoms with E-state index in [4.69, 9.17) is 4.74 Å². The van der Waals surface area contributed by atoms with E-state index in [-0.39, 0.29) is 6.10 Å². The fourth-order valence-electron chi connectivity index (χ4n) is 2.44. The minimum Gasteiger partial charge on any atom is -0.376 e. The van der Waals surface area contributed by atoms with Crippen molar-refractivity contribution in [2.75, 3.05) is 23.8 Å². The third kappa shape index (κ3) is 4.35. The van der Waals surface area contributed by atoms with Gasteiger partial charge in [0.05, 0.1) is 11.7 Å². The van der Waals surface area contributed by atoms with Gasteiger partial charge in [-0.25, -0.2) is 9.97 Å². The molecule has 1 fully saturated rings. The van der Waals surface area contributed by atoms with Crippen LogP contribution in [-0.2, 0) is 10.9 Å². The molecule has 0 radical (unpaired) electrons. The Morgan fingerprint density at radius 1 is 1.12 bits per heavy atom. The second kappa shape index (κ2) is 7.04. The van der Waals surface area contributed by atoms with Crippen molar-refractivity contribution in [2.24, 2.45) is 0 Å². The van der Waals surface area contributed by atoms with Crippen LogP contribution < -0.4 is 10.6 Å². The van der Waals surface area contributed by atoms with Crippen molar-refractivity contribution in [3.05, 3.63) is 42.2 Å². The predicted octanol–water partition coefficient (Wildman–Crippen LogP) is 3.83. The standard InChI is InChI=1S/C16H17F3N4O/c17-16(18,19)11-3-5-12(6-4-11)23-15-8-14(21-10-22-15)20-9-13-2-1-7-24-13/h3-6,8,10,13H,1-2,7,9H2,(H2,20,21,22,23). The van der Waals surface area contributed by atoms with Gasteiger partial charge in [0.25, 0.3) is 0 Å². The highest BCUT2D eigenvalue weighted by molar-refractivity contribution is 5.59. The van der Waals surface area contributed by atoms with Crippen molar-refractivity contribution in [1.82, 2.24) is 9.97 Å². The van der Waals surface area contributed by atoms with Crippen LogP contribution in [0, 0.1) is 0 Å². The first kappa shape index (κ1) is 16.5. The number of hydrogen-bond acceptors (Lipinski definition) is 5. The van der Waals surface area contributed by atoms with Gasteiger partial charge in [-0.1, -0.05) is 0 Å². The Labute approximate surface area is 137 Å². The molecule has 0 bridgehead atoms. The molecule has 24 heavy (non-hydrogen) atoms. The Morgan fingerprint density at radius 3 is 2.54 bits per heavy atom. The Hall–Kier alpha value is -2.35. The predicted molar refractivity (Wildman–Crippen MR) is 84.2 cm³/mol. The first-order valence-corrected chi connectivity index (χ1v) is 7.62. The summed E-state index contributed by atoms with van der Waals surface area (Å²) >= 11 is 0. The zero-order valence-corrected chi connectivity index (χ0v) is 12.8. The van der Waals surface area contributed by atoms with Crippen LogP contribution in [-0.4, -0.2) is 29.2 Å². The van der Waals surface area contributed by atoms with Gasteiger partial charge in [-0.15, -0.1) is 0 Å². The molecule has 1 aromatic heterocycles. The van der Waals surface area contributed by atoms with E-state index in [1.807, 2.05) is 0 Å².